The number of alkyl halides is 3. The Balaban J connectivity index is 1.58. The first-order valence-electron chi connectivity index (χ1n) is 9.65. The molecular formula is C23H19F3N4O. The molecule has 0 spiro atoms. The molecule has 0 aliphatic carbocycles. The van der Waals surface area contributed by atoms with Crippen molar-refractivity contribution in [1.29, 1.82) is 0 Å². The minimum Gasteiger partial charge on any atom is -0.399 e. The number of halogens is 3. The summed E-state index contributed by atoms with van der Waals surface area (Å²) in [6, 6.07) is 14.5. The van der Waals surface area contributed by atoms with Crippen molar-refractivity contribution in [3.63, 3.8) is 0 Å². The number of hydrogen-bond donors (Lipinski definition) is 1. The van der Waals surface area contributed by atoms with Gasteiger partial charge in [-0.15, -0.1) is 0 Å². The average molecular weight is 424 g/mol. The maximum atomic E-state index is 12.3. The number of rotatable bonds is 6. The van der Waals surface area contributed by atoms with E-state index in [1.54, 1.807) is 36.7 Å². The molecule has 2 N–H and O–H groups in total. The second-order valence-corrected chi connectivity index (χ2v) is 7.29. The third-order valence-corrected chi connectivity index (χ3v) is 4.90. The standard InChI is InChI=1S/C23H19F3N4O/c24-23(25,26)7-4-19(31)11-15-2-1-3-17(10-15)21-14-29-22-12-16(6-9-30(21)22)20-13-18(27)5-8-28-20/h1-3,5-6,8-10,12-14H,4,7,11H2,(H2,27,28). The number of benzene rings is 1. The van der Waals surface area contributed by atoms with Gasteiger partial charge < -0.3 is 5.73 Å². The van der Waals surface area contributed by atoms with Gasteiger partial charge in [-0.3, -0.25) is 14.2 Å². The molecule has 158 valence electrons. The molecule has 3 aromatic heterocycles. The number of nitrogens with zero attached hydrogens (tertiary/aromatic N) is 3. The van der Waals surface area contributed by atoms with Crippen molar-refractivity contribution in [3.8, 4) is 22.5 Å². The lowest BCUT2D eigenvalue weighted by Crippen LogP contribution is -2.12. The number of carbonyl (C=O) groups is 1. The van der Waals surface area contributed by atoms with Gasteiger partial charge in [-0.05, 0) is 35.9 Å². The van der Waals surface area contributed by atoms with Crippen LogP contribution in [0.15, 0.2) is 67.1 Å². The highest BCUT2D eigenvalue weighted by Crippen LogP contribution is 2.26. The number of aromatic nitrogens is 3. The van der Waals surface area contributed by atoms with E-state index in [2.05, 4.69) is 9.97 Å². The molecule has 4 rings (SSSR count). The first-order chi connectivity index (χ1) is 14.8. The fourth-order valence-corrected chi connectivity index (χ4v) is 3.40. The van der Waals surface area contributed by atoms with Gasteiger partial charge in [0.15, 0.2) is 0 Å². The number of imidazole rings is 1. The summed E-state index contributed by atoms with van der Waals surface area (Å²) in [6.07, 6.45) is -0.726. The van der Waals surface area contributed by atoms with E-state index in [9.17, 15) is 18.0 Å². The van der Waals surface area contributed by atoms with E-state index >= 15 is 0 Å². The molecule has 0 unspecified atom stereocenters. The Labute approximate surface area is 176 Å². The van der Waals surface area contributed by atoms with Crippen molar-refractivity contribution in [3.05, 3.63) is 72.7 Å². The number of carbonyl (C=O) groups excluding carboxylic acids is 1. The molecule has 0 saturated carbocycles. The molecule has 0 fully saturated rings. The number of nitrogen functional groups attached to an aromatic ring is 1. The van der Waals surface area contributed by atoms with Gasteiger partial charge in [0.25, 0.3) is 0 Å². The predicted octanol–water partition coefficient (Wildman–Crippen LogP) is 5.10. The summed E-state index contributed by atoms with van der Waals surface area (Å²) < 4.78 is 38.9. The zero-order chi connectivity index (χ0) is 22.0. The van der Waals surface area contributed by atoms with Crippen LogP contribution in [0.25, 0.3) is 28.2 Å². The molecule has 8 heteroatoms. The smallest absolute Gasteiger partial charge is 0.389 e. The summed E-state index contributed by atoms with van der Waals surface area (Å²) in [5.74, 6) is -0.438. The Kier molecular flexibility index (Phi) is 5.46. The van der Waals surface area contributed by atoms with Crippen LogP contribution in [0.2, 0.25) is 0 Å². The Morgan fingerprint density at radius 1 is 1.03 bits per heavy atom. The Bertz CT molecular complexity index is 1250. The van der Waals surface area contributed by atoms with Crippen molar-refractivity contribution < 1.29 is 18.0 Å². The summed E-state index contributed by atoms with van der Waals surface area (Å²) >= 11 is 0. The number of hydrogen-bond acceptors (Lipinski definition) is 4. The van der Waals surface area contributed by atoms with Gasteiger partial charge >= 0.3 is 6.18 Å². The minimum atomic E-state index is -4.33. The van der Waals surface area contributed by atoms with Gasteiger partial charge in [-0.25, -0.2) is 4.98 Å². The molecule has 1 aromatic carbocycles. The molecule has 0 atom stereocenters. The molecular weight excluding hydrogens is 405 g/mol. The summed E-state index contributed by atoms with van der Waals surface area (Å²) in [7, 11) is 0. The molecule has 0 radical (unpaired) electrons. The lowest BCUT2D eigenvalue weighted by atomic mass is 10.0. The van der Waals surface area contributed by atoms with Crippen molar-refractivity contribution in [2.45, 2.75) is 25.4 Å². The number of nitrogens with two attached hydrogens (primary N) is 1. The summed E-state index contributed by atoms with van der Waals surface area (Å²) in [5.41, 5.74) is 11.1. The lowest BCUT2D eigenvalue weighted by molar-refractivity contribution is -0.143. The second-order valence-electron chi connectivity index (χ2n) is 7.29. The Hall–Kier alpha value is -3.68. The molecule has 0 aliphatic heterocycles. The largest absolute Gasteiger partial charge is 0.399 e. The van der Waals surface area contributed by atoms with Crippen molar-refractivity contribution in [2.24, 2.45) is 0 Å². The van der Waals surface area contributed by atoms with Crippen LogP contribution in [0.3, 0.4) is 0 Å². The van der Waals surface area contributed by atoms with Gasteiger partial charge in [0.1, 0.15) is 11.4 Å². The van der Waals surface area contributed by atoms with Crippen LogP contribution >= 0.6 is 0 Å². The zero-order valence-corrected chi connectivity index (χ0v) is 16.4. The van der Waals surface area contributed by atoms with Crippen LogP contribution in [0.4, 0.5) is 18.9 Å². The third-order valence-electron chi connectivity index (χ3n) is 4.90. The van der Waals surface area contributed by atoms with Crippen LogP contribution in [-0.4, -0.2) is 26.3 Å². The minimum absolute atomic E-state index is 0.0358. The van der Waals surface area contributed by atoms with E-state index in [4.69, 9.17) is 5.73 Å². The highest BCUT2D eigenvalue weighted by atomic mass is 19.4. The highest BCUT2D eigenvalue weighted by molar-refractivity contribution is 5.81. The van der Waals surface area contributed by atoms with E-state index in [-0.39, 0.29) is 6.42 Å². The van der Waals surface area contributed by atoms with Gasteiger partial charge in [0.05, 0.1) is 24.0 Å². The number of fused-ring (bicyclic) bond motifs is 1. The first kappa shape index (κ1) is 20.6. The lowest BCUT2D eigenvalue weighted by Gasteiger charge is -2.08. The SMILES string of the molecule is Nc1ccnc(-c2ccn3c(-c4cccc(CC(=O)CCC(F)(F)F)c4)cnc3c2)c1. The van der Waals surface area contributed by atoms with Crippen molar-refractivity contribution in [2.75, 3.05) is 5.73 Å². The monoisotopic (exact) mass is 424 g/mol. The van der Waals surface area contributed by atoms with E-state index in [1.165, 1.54) is 0 Å². The quantitative estimate of drug-likeness (QED) is 0.467. The van der Waals surface area contributed by atoms with Crippen LogP contribution in [0.5, 0.6) is 0 Å². The maximum Gasteiger partial charge on any atom is 0.389 e. The van der Waals surface area contributed by atoms with Crippen LogP contribution in [0, 0.1) is 0 Å². The van der Waals surface area contributed by atoms with E-state index in [0.717, 1.165) is 22.5 Å². The highest BCUT2D eigenvalue weighted by Gasteiger charge is 2.27. The molecule has 0 saturated heterocycles. The fourth-order valence-electron chi connectivity index (χ4n) is 3.40. The average Bonchev–Trinajstić information content (AvgIpc) is 3.15. The van der Waals surface area contributed by atoms with Gasteiger partial charge in [-0.1, -0.05) is 18.2 Å². The van der Waals surface area contributed by atoms with Crippen molar-refractivity contribution in [1.82, 2.24) is 14.4 Å². The summed E-state index contributed by atoms with van der Waals surface area (Å²) in [6.45, 7) is 0. The van der Waals surface area contributed by atoms with Crippen LogP contribution in [0.1, 0.15) is 18.4 Å². The van der Waals surface area contributed by atoms with E-state index < -0.39 is 24.8 Å². The molecule has 0 amide bonds. The predicted molar refractivity (Wildman–Crippen MR) is 112 cm³/mol. The number of pyridine rings is 2. The van der Waals surface area contributed by atoms with Gasteiger partial charge in [-0.2, -0.15) is 13.2 Å². The van der Waals surface area contributed by atoms with Gasteiger partial charge in [0.2, 0.25) is 0 Å². The second kappa shape index (κ2) is 8.22. The van der Waals surface area contributed by atoms with Gasteiger partial charge in [0, 0.05) is 42.0 Å². The van der Waals surface area contributed by atoms with E-state index in [0.29, 0.717) is 16.9 Å². The van der Waals surface area contributed by atoms with Crippen LogP contribution < -0.4 is 5.73 Å². The number of Topliss-reactive ketones (excluding diaryl/α,β-unsaturated/α-hetero) is 1. The summed E-state index contributed by atoms with van der Waals surface area (Å²) in [5, 5.41) is 0. The Morgan fingerprint density at radius 3 is 2.65 bits per heavy atom. The topological polar surface area (TPSA) is 73.3 Å². The number of ketones is 1. The molecule has 0 bridgehead atoms. The van der Waals surface area contributed by atoms with E-state index in [1.807, 2.05) is 34.9 Å². The summed E-state index contributed by atoms with van der Waals surface area (Å²) in [4.78, 5) is 20.7. The molecule has 0 aliphatic rings. The fraction of sp³-hybridized carbons (Fsp3) is 0.174. The third kappa shape index (κ3) is 4.91. The molecule has 31 heavy (non-hydrogen) atoms. The normalized spacial score (nSPS) is 11.7. The molecule has 5 nitrogen and oxygen atoms in total. The Morgan fingerprint density at radius 2 is 1.87 bits per heavy atom. The van der Waals surface area contributed by atoms with Crippen LogP contribution in [-0.2, 0) is 11.2 Å². The molecule has 4 aromatic rings. The first-order valence-corrected chi connectivity index (χ1v) is 9.65. The van der Waals surface area contributed by atoms with Crippen molar-refractivity contribution >= 4 is 17.1 Å². The molecule has 3 heterocycles. The zero-order valence-electron chi connectivity index (χ0n) is 16.4. The number of anilines is 1. The maximum absolute atomic E-state index is 12.3.